The highest BCUT2D eigenvalue weighted by molar-refractivity contribution is 7.90. The van der Waals surface area contributed by atoms with Crippen LogP contribution in [0.1, 0.15) is 6.92 Å². The van der Waals surface area contributed by atoms with E-state index < -0.39 is 9.84 Å². The van der Waals surface area contributed by atoms with E-state index in [0.29, 0.717) is 11.6 Å². The summed E-state index contributed by atoms with van der Waals surface area (Å²) >= 11 is 0. The molecule has 6 heteroatoms. The second-order valence-electron chi connectivity index (χ2n) is 5.16. The van der Waals surface area contributed by atoms with Gasteiger partial charge in [-0.25, -0.2) is 18.4 Å². The van der Waals surface area contributed by atoms with Gasteiger partial charge in [-0.1, -0.05) is 30.3 Å². The minimum Gasteiger partial charge on any atom is -0.356 e. The van der Waals surface area contributed by atoms with Gasteiger partial charge in [-0.05, 0) is 13.0 Å². The second-order valence-corrected chi connectivity index (χ2v) is 7.34. The molecule has 0 amide bonds. The molecule has 1 aromatic heterocycles. The van der Waals surface area contributed by atoms with Crippen LogP contribution in [0.5, 0.6) is 0 Å². The molecule has 0 spiro atoms. The van der Waals surface area contributed by atoms with Gasteiger partial charge in [-0.2, -0.15) is 0 Å². The maximum Gasteiger partial charge on any atom is 0.161 e. The lowest BCUT2D eigenvalue weighted by Gasteiger charge is -2.25. The number of aromatic nitrogens is 2. The zero-order valence-corrected chi connectivity index (χ0v) is 13.2. The van der Waals surface area contributed by atoms with Gasteiger partial charge < -0.3 is 4.90 Å². The Balaban J connectivity index is 2.25. The molecule has 1 heterocycles. The van der Waals surface area contributed by atoms with Crippen molar-refractivity contribution in [2.75, 3.05) is 24.0 Å². The van der Waals surface area contributed by atoms with E-state index in [9.17, 15) is 8.42 Å². The third-order valence-electron chi connectivity index (χ3n) is 3.24. The van der Waals surface area contributed by atoms with E-state index in [2.05, 4.69) is 9.97 Å². The van der Waals surface area contributed by atoms with E-state index in [1.807, 2.05) is 49.2 Å². The maximum absolute atomic E-state index is 11.4. The fourth-order valence-corrected chi connectivity index (χ4v) is 3.15. The first kappa shape index (κ1) is 15.4. The summed E-state index contributed by atoms with van der Waals surface area (Å²) in [5.41, 5.74) is 0.934. The van der Waals surface area contributed by atoms with Crippen molar-refractivity contribution in [1.82, 2.24) is 9.97 Å². The number of rotatable bonds is 5. The van der Waals surface area contributed by atoms with E-state index in [1.54, 1.807) is 12.3 Å². The number of sulfone groups is 1. The predicted octanol–water partition coefficient (Wildman–Crippen LogP) is 2.01. The molecule has 0 bridgehead atoms. The van der Waals surface area contributed by atoms with E-state index >= 15 is 0 Å². The molecule has 5 nitrogen and oxygen atoms in total. The van der Waals surface area contributed by atoms with E-state index in [4.69, 9.17) is 0 Å². The van der Waals surface area contributed by atoms with Gasteiger partial charge in [-0.3, -0.25) is 0 Å². The van der Waals surface area contributed by atoms with Crippen LogP contribution in [0.15, 0.2) is 42.6 Å². The van der Waals surface area contributed by atoms with Crippen LogP contribution >= 0.6 is 0 Å². The molecule has 0 aliphatic carbocycles. The van der Waals surface area contributed by atoms with Gasteiger partial charge in [0.05, 0.1) is 5.75 Å². The third kappa shape index (κ3) is 4.26. The highest BCUT2D eigenvalue weighted by atomic mass is 32.2. The zero-order valence-electron chi connectivity index (χ0n) is 12.4. The van der Waals surface area contributed by atoms with Crippen LogP contribution in [0, 0.1) is 0 Å². The van der Waals surface area contributed by atoms with Crippen LogP contribution in [0.4, 0.5) is 5.82 Å². The lowest BCUT2D eigenvalue weighted by molar-refractivity contribution is 0.592. The van der Waals surface area contributed by atoms with Crippen molar-refractivity contribution in [2.24, 2.45) is 0 Å². The topological polar surface area (TPSA) is 63.2 Å². The highest BCUT2D eigenvalue weighted by Crippen LogP contribution is 2.18. The van der Waals surface area contributed by atoms with Gasteiger partial charge in [0.1, 0.15) is 15.7 Å². The summed E-state index contributed by atoms with van der Waals surface area (Å²) < 4.78 is 22.8. The first-order chi connectivity index (χ1) is 9.87. The Hall–Kier alpha value is -1.95. The smallest absolute Gasteiger partial charge is 0.161 e. The van der Waals surface area contributed by atoms with E-state index in [0.717, 1.165) is 5.56 Å². The Morgan fingerprint density at radius 2 is 1.86 bits per heavy atom. The molecule has 0 N–H and O–H groups in total. The Labute approximate surface area is 125 Å². The fraction of sp³-hybridized carbons (Fsp3) is 0.333. The molecule has 1 aromatic carbocycles. The van der Waals surface area contributed by atoms with Gasteiger partial charge in [0, 0.05) is 31.1 Å². The molecule has 0 aliphatic heterocycles. The molecular weight excluding hydrogens is 286 g/mol. The molecule has 21 heavy (non-hydrogen) atoms. The van der Waals surface area contributed by atoms with Crippen LogP contribution in [-0.2, 0) is 9.84 Å². The zero-order chi connectivity index (χ0) is 15.5. The van der Waals surface area contributed by atoms with Gasteiger partial charge in [0.2, 0.25) is 0 Å². The standard InChI is InChI=1S/C15H19N3O2S/c1-12(11-21(3,19)20)18(2)14-9-10-16-15(17-14)13-7-5-4-6-8-13/h4-10,12H,11H2,1-3H3/t12-/m1/s1. The summed E-state index contributed by atoms with van der Waals surface area (Å²) in [6.07, 6.45) is 2.93. The SMILES string of the molecule is C[C@H](CS(C)(=O)=O)N(C)c1ccnc(-c2ccccc2)n1. The summed E-state index contributed by atoms with van der Waals surface area (Å²) in [4.78, 5) is 10.6. The molecule has 2 rings (SSSR count). The predicted molar refractivity (Wildman–Crippen MR) is 85.0 cm³/mol. The summed E-state index contributed by atoms with van der Waals surface area (Å²) in [6.45, 7) is 1.87. The van der Waals surface area contributed by atoms with Crippen molar-refractivity contribution in [2.45, 2.75) is 13.0 Å². The Kier molecular flexibility index (Phi) is 4.57. The lowest BCUT2D eigenvalue weighted by Crippen LogP contribution is -2.35. The monoisotopic (exact) mass is 305 g/mol. The highest BCUT2D eigenvalue weighted by Gasteiger charge is 2.17. The van der Waals surface area contributed by atoms with Crippen molar-refractivity contribution in [3.8, 4) is 11.4 Å². The molecule has 0 fully saturated rings. The van der Waals surface area contributed by atoms with E-state index in [-0.39, 0.29) is 11.8 Å². The number of benzene rings is 1. The van der Waals surface area contributed by atoms with Crippen LogP contribution < -0.4 is 4.90 Å². The van der Waals surface area contributed by atoms with Crippen LogP contribution in [0.2, 0.25) is 0 Å². The van der Waals surface area contributed by atoms with Crippen molar-refractivity contribution in [1.29, 1.82) is 0 Å². The van der Waals surface area contributed by atoms with Crippen molar-refractivity contribution in [3.63, 3.8) is 0 Å². The van der Waals surface area contributed by atoms with Crippen molar-refractivity contribution >= 4 is 15.7 Å². The van der Waals surface area contributed by atoms with Crippen LogP contribution in [0.25, 0.3) is 11.4 Å². The summed E-state index contributed by atoms with van der Waals surface area (Å²) in [7, 11) is -1.18. The minimum atomic E-state index is -3.02. The van der Waals surface area contributed by atoms with E-state index in [1.165, 1.54) is 6.26 Å². The minimum absolute atomic E-state index is 0.0914. The third-order valence-corrected chi connectivity index (χ3v) is 4.33. The molecule has 0 unspecified atom stereocenters. The van der Waals surface area contributed by atoms with Crippen molar-refractivity contribution in [3.05, 3.63) is 42.6 Å². The van der Waals surface area contributed by atoms with Gasteiger partial charge in [0.15, 0.2) is 5.82 Å². The normalized spacial score (nSPS) is 12.9. The van der Waals surface area contributed by atoms with Crippen LogP contribution in [0.3, 0.4) is 0 Å². The quantitative estimate of drug-likeness (QED) is 0.845. The molecule has 2 aromatic rings. The summed E-state index contributed by atoms with van der Waals surface area (Å²) in [5.74, 6) is 1.43. The number of anilines is 1. The number of hydrogen-bond donors (Lipinski definition) is 0. The fourth-order valence-electron chi connectivity index (χ4n) is 2.05. The lowest BCUT2D eigenvalue weighted by atomic mass is 10.2. The largest absolute Gasteiger partial charge is 0.356 e. The maximum atomic E-state index is 11.4. The van der Waals surface area contributed by atoms with Crippen molar-refractivity contribution < 1.29 is 8.42 Å². The number of hydrogen-bond acceptors (Lipinski definition) is 5. The van der Waals surface area contributed by atoms with Gasteiger partial charge >= 0.3 is 0 Å². The Morgan fingerprint density at radius 1 is 1.19 bits per heavy atom. The average Bonchev–Trinajstić information content (AvgIpc) is 2.46. The Morgan fingerprint density at radius 3 is 2.48 bits per heavy atom. The second kappa shape index (κ2) is 6.22. The Bertz CT molecular complexity index is 702. The molecule has 0 radical (unpaired) electrons. The van der Waals surface area contributed by atoms with Crippen LogP contribution in [-0.4, -0.2) is 43.5 Å². The van der Waals surface area contributed by atoms with Gasteiger partial charge in [-0.15, -0.1) is 0 Å². The molecular formula is C15H19N3O2S. The average molecular weight is 305 g/mol. The molecule has 112 valence electrons. The first-order valence-electron chi connectivity index (χ1n) is 6.66. The summed E-state index contributed by atoms with van der Waals surface area (Å²) in [6, 6.07) is 11.3. The summed E-state index contributed by atoms with van der Waals surface area (Å²) in [5, 5.41) is 0. The number of nitrogens with zero attached hydrogens (tertiary/aromatic N) is 3. The molecule has 0 aliphatic rings. The first-order valence-corrected chi connectivity index (χ1v) is 8.72. The molecule has 0 saturated carbocycles. The molecule has 1 atom stereocenters. The van der Waals surface area contributed by atoms with Gasteiger partial charge in [0.25, 0.3) is 0 Å². The molecule has 0 saturated heterocycles.